The van der Waals surface area contributed by atoms with Crippen LogP contribution in [0.25, 0.3) is 0 Å². The molecule has 313 valence electrons. The number of aliphatic carboxylic acids is 2. The van der Waals surface area contributed by atoms with Crippen LogP contribution in [-0.4, -0.2) is 127 Å². The van der Waals surface area contributed by atoms with Crippen LogP contribution in [0.3, 0.4) is 0 Å². The van der Waals surface area contributed by atoms with Crippen molar-refractivity contribution in [1.82, 2.24) is 41.2 Å². The first-order valence-corrected chi connectivity index (χ1v) is 17.4. The number of carboxylic acids is 2. The Morgan fingerprint density at radius 2 is 0.964 bits per heavy atom. The van der Waals surface area contributed by atoms with Crippen molar-refractivity contribution in [2.24, 2.45) is 22.9 Å². The molecule has 0 aliphatic carbocycles. The molecule has 4 amide bonds. The Labute approximate surface area is 328 Å². The molecule has 22 nitrogen and oxygen atoms in total. The van der Waals surface area contributed by atoms with Crippen LogP contribution in [0, 0.1) is 0 Å². The van der Waals surface area contributed by atoms with E-state index in [1.54, 1.807) is 0 Å². The van der Waals surface area contributed by atoms with E-state index in [-0.39, 0.29) is 42.8 Å². The number of nitrogens with two attached hydrogens (primary N) is 4. The predicted octanol–water partition coefficient (Wildman–Crippen LogP) is -6.98. The van der Waals surface area contributed by atoms with E-state index in [1.165, 1.54) is 38.9 Å². The summed E-state index contributed by atoms with van der Waals surface area (Å²) in [7, 11) is 0. The molecule has 0 aliphatic heterocycles. The fraction of sp³-hybridized carbons (Fsp3) is 0.625. The number of carbonyl (C=O) groups is 6. The molecule has 0 fully saturated rings. The summed E-state index contributed by atoms with van der Waals surface area (Å²) in [6.07, 6.45) is 6.12. The summed E-state index contributed by atoms with van der Waals surface area (Å²) >= 11 is 0. The van der Waals surface area contributed by atoms with Gasteiger partial charge >= 0.3 is 17.1 Å². The van der Waals surface area contributed by atoms with Gasteiger partial charge in [-0.25, -0.2) is 9.97 Å². The molecule has 0 saturated heterocycles. The van der Waals surface area contributed by atoms with Crippen molar-refractivity contribution in [2.45, 2.75) is 114 Å². The summed E-state index contributed by atoms with van der Waals surface area (Å²) in [6, 6.07) is -7.11. The average molecular weight is 830 g/mol. The maximum atomic E-state index is 12.6. The number of aliphatic hydroxyl groups excluding tert-OH is 2. The van der Waals surface area contributed by atoms with Crippen molar-refractivity contribution >= 4 is 35.6 Å². The van der Waals surface area contributed by atoms with Gasteiger partial charge in [-0.2, -0.15) is 0 Å². The number of imidazole rings is 2. The second-order valence-corrected chi connectivity index (χ2v) is 12.5. The van der Waals surface area contributed by atoms with Crippen molar-refractivity contribution in [3.8, 4) is 0 Å². The molecule has 2 aromatic rings. The van der Waals surface area contributed by atoms with E-state index in [0.717, 1.165) is 0 Å². The number of amides is 4. The molecule has 2 rings (SSSR count). The van der Waals surface area contributed by atoms with E-state index in [1.807, 2.05) is 0 Å². The Morgan fingerprint density at radius 3 is 1.22 bits per heavy atom. The Bertz CT molecular complexity index is 1330. The molecule has 16 N–H and O–H groups in total. The summed E-state index contributed by atoms with van der Waals surface area (Å²) < 4.78 is 0. The topological polar surface area (TPSA) is 399 Å². The standard InChI is InChI=1S/2C16H28N6O5.Cu/c2*1-9(23)13(18)15(25)22-12(6-10-7-19-8-20-10)14(24)21-11(16(26)27)4-2-3-5-17;/h2*7-9,11-13,23H,2-6,17-18H2,1H3,(H,19,20)(H,21,24)(H,22,25)(H,26,27);/q;;+2/p-2/t2*9-,11+,12+,13+;/m11./s1. The number of hydrogen-bond donors (Lipinski definition) is 12. The van der Waals surface area contributed by atoms with Gasteiger partial charge in [-0.15, -0.1) is 0 Å². The van der Waals surface area contributed by atoms with E-state index in [9.17, 15) is 49.2 Å². The van der Waals surface area contributed by atoms with Crippen LogP contribution >= 0.6 is 0 Å². The summed E-state index contributed by atoms with van der Waals surface area (Å²) in [4.78, 5) is 85.2. The van der Waals surface area contributed by atoms with Gasteiger partial charge in [-0.1, -0.05) is 0 Å². The fourth-order valence-electron chi connectivity index (χ4n) is 4.65. The zero-order valence-electron chi connectivity index (χ0n) is 30.7. The van der Waals surface area contributed by atoms with Crippen LogP contribution in [0.2, 0.25) is 0 Å². The van der Waals surface area contributed by atoms with E-state index in [2.05, 4.69) is 41.2 Å². The number of rotatable bonds is 24. The normalized spacial score (nSPS) is 15.1. The van der Waals surface area contributed by atoms with E-state index >= 15 is 0 Å². The summed E-state index contributed by atoms with van der Waals surface area (Å²) in [6.45, 7) is 3.50. The number of aliphatic hydroxyl groups is 2. The summed E-state index contributed by atoms with van der Waals surface area (Å²) in [5.41, 5.74) is 23.0. The van der Waals surface area contributed by atoms with Crippen LogP contribution in [0.15, 0.2) is 25.0 Å². The average Bonchev–Trinajstić information content (AvgIpc) is 3.84. The third-order valence-corrected chi connectivity index (χ3v) is 7.96. The molecule has 2 aromatic heterocycles. The summed E-state index contributed by atoms with van der Waals surface area (Å²) in [5, 5.41) is 51.0. The fourth-order valence-corrected chi connectivity index (χ4v) is 4.65. The van der Waals surface area contributed by atoms with Gasteiger partial charge in [0.05, 0.1) is 48.9 Å². The molecule has 2 heterocycles. The molecule has 8 atom stereocenters. The van der Waals surface area contributed by atoms with Crippen molar-refractivity contribution < 1.29 is 66.3 Å². The number of aromatic amines is 2. The number of aromatic nitrogens is 4. The van der Waals surface area contributed by atoms with Crippen LogP contribution in [-0.2, 0) is 58.7 Å². The van der Waals surface area contributed by atoms with Crippen LogP contribution in [0.5, 0.6) is 0 Å². The number of nitrogens with one attached hydrogen (secondary N) is 6. The van der Waals surface area contributed by atoms with Crippen molar-refractivity contribution in [3.63, 3.8) is 0 Å². The zero-order valence-corrected chi connectivity index (χ0v) is 31.6. The number of carboxylic acid groups (broad SMARTS) is 2. The predicted molar refractivity (Wildman–Crippen MR) is 187 cm³/mol. The third-order valence-electron chi connectivity index (χ3n) is 7.96. The number of H-pyrrole nitrogens is 2. The largest absolute Gasteiger partial charge is 2.00 e. The molecule has 0 unspecified atom stereocenters. The molecule has 0 aromatic carbocycles. The number of unbranched alkanes of at least 4 members (excludes halogenated alkanes) is 2. The molecule has 1 radical (unpaired) electrons. The first-order valence-electron chi connectivity index (χ1n) is 17.4. The Morgan fingerprint density at radius 1 is 0.636 bits per heavy atom. The third kappa shape index (κ3) is 19.6. The second kappa shape index (κ2) is 27.2. The Kier molecular flexibility index (Phi) is 24.9. The van der Waals surface area contributed by atoms with E-state index in [4.69, 9.17) is 22.9 Å². The second-order valence-electron chi connectivity index (χ2n) is 12.5. The number of nitrogens with zero attached hydrogens (tertiary/aromatic N) is 2. The van der Waals surface area contributed by atoms with Gasteiger partial charge in [0.1, 0.15) is 24.2 Å². The number of carbonyl (C=O) groups excluding carboxylic acids is 6. The zero-order chi connectivity index (χ0) is 40.8. The first kappa shape index (κ1) is 50.5. The minimum Gasteiger partial charge on any atom is -0.548 e. The van der Waals surface area contributed by atoms with Crippen LogP contribution < -0.4 is 54.4 Å². The minimum atomic E-state index is -1.42. The molecule has 23 heteroatoms. The smallest absolute Gasteiger partial charge is 0.548 e. The van der Waals surface area contributed by atoms with Crippen LogP contribution in [0.4, 0.5) is 0 Å². The Hall–Kier alpha value is -4.48. The molecule has 0 bridgehead atoms. The monoisotopic (exact) mass is 829 g/mol. The van der Waals surface area contributed by atoms with Crippen molar-refractivity contribution in [3.05, 3.63) is 36.4 Å². The van der Waals surface area contributed by atoms with Gasteiger partial charge in [-0.05, 0) is 65.5 Å². The van der Waals surface area contributed by atoms with Crippen molar-refractivity contribution in [1.29, 1.82) is 0 Å². The molecular weight excluding hydrogens is 776 g/mol. The molecule has 55 heavy (non-hydrogen) atoms. The molecule has 0 saturated carbocycles. The maximum absolute atomic E-state index is 12.6. The van der Waals surface area contributed by atoms with Gasteiger partial charge in [0.15, 0.2) is 0 Å². The summed E-state index contributed by atoms with van der Waals surface area (Å²) in [5.74, 6) is -5.74. The SMILES string of the molecule is C[C@@H](O)[C@H](N)C(=O)N[C@@H](Cc1cnc[nH]1)C(=O)N[C@@H](CCCCN)C(=O)[O-].C[C@@H](O)[C@H](N)C(=O)N[C@@H](Cc1cnc[nH]1)C(=O)N[C@@H](CCCCN)C(=O)[O-].[Cu+2]. The van der Waals surface area contributed by atoms with Crippen LogP contribution in [0.1, 0.15) is 63.8 Å². The Balaban J connectivity index is 0.00000104. The van der Waals surface area contributed by atoms with E-state index < -0.39 is 84.0 Å². The molecule has 0 aliphatic rings. The molecular formula is C32H54CuN12O10. The van der Waals surface area contributed by atoms with Gasteiger partial charge < -0.3 is 84.2 Å². The quantitative estimate of drug-likeness (QED) is 0.0345. The van der Waals surface area contributed by atoms with Gasteiger partial charge in [-0.3, -0.25) is 19.2 Å². The van der Waals surface area contributed by atoms with Crippen molar-refractivity contribution in [2.75, 3.05) is 13.1 Å². The van der Waals surface area contributed by atoms with Gasteiger partial charge in [0.25, 0.3) is 0 Å². The number of hydrogen-bond acceptors (Lipinski definition) is 16. The van der Waals surface area contributed by atoms with E-state index in [0.29, 0.717) is 50.2 Å². The maximum Gasteiger partial charge on any atom is 2.00 e. The first-order chi connectivity index (χ1) is 25.5. The van der Waals surface area contributed by atoms with Gasteiger partial charge in [0, 0.05) is 36.6 Å². The molecule has 0 spiro atoms. The van der Waals surface area contributed by atoms with Gasteiger partial charge in [0.2, 0.25) is 23.6 Å². The minimum absolute atomic E-state index is 0.